The van der Waals surface area contributed by atoms with E-state index in [2.05, 4.69) is 5.32 Å². The SMILES string of the molecule is O=C(CCS(=O)(=O)c1ccccc1)N[C@H]1COC2(CCCCC2)C1. The molecule has 1 aromatic rings. The van der Waals surface area contributed by atoms with Gasteiger partial charge in [0.15, 0.2) is 9.84 Å². The summed E-state index contributed by atoms with van der Waals surface area (Å²) >= 11 is 0. The van der Waals surface area contributed by atoms with Gasteiger partial charge in [0.25, 0.3) is 0 Å². The minimum Gasteiger partial charge on any atom is -0.373 e. The van der Waals surface area contributed by atoms with Gasteiger partial charge in [-0.05, 0) is 31.4 Å². The Kier molecular flexibility index (Phi) is 5.25. The van der Waals surface area contributed by atoms with Crippen LogP contribution in [0.2, 0.25) is 0 Å². The van der Waals surface area contributed by atoms with E-state index in [1.807, 2.05) is 0 Å². The topological polar surface area (TPSA) is 72.5 Å². The Morgan fingerprint density at radius 3 is 2.58 bits per heavy atom. The first-order valence-corrected chi connectivity index (χ1v) is 10.4. The molecule has 1 saturated carbocycles. The molecule has 1 spiro atoms. The molecule has 5 nitrogen and oxygen atoms in total. The van der Waals surface area contributed by atoms with E-state index in [-0.39, 0.29) is 34.6 Å². The van der Waals surface area contributed by atoms with Gasteiger partial charge in [0.05, 0.1) is 28.9 Å². The molecule has 0 unspecified atom stereocenters. The summed E-state index contributed by atoms with van der Waals surface area (Å²) in [6, 6.07) is 8.27. The Labute approximate surface area is 143 Å². The van der Waals surface area contributed by atoms with Crippen LogP contribution in [-0.2, 0) is 19.4 Å². The Bertz CT molecular complexity index is 666. The van der Waals surface area contributed by atoms with Crippen molar-refractivity contribution in [2.24, 2.45) is 0 Å². The van der Waals surface area contributed by atoms with E-state index in [4.69, 9.17) is 4.74 Å². The van der Waals surface area contributed by atoms with Crippen molar-refractivity contribution in [2.75, 3.05) is 12.4 Å². The minimum absolute atomic E-state index is 0.00929. The Morgan fingerprint density at radius 2 is 1.88 bits per heavy atom. The number of hydrogen-bond donors (Lipinski definition) is 1. The second-order valence-corrected chi connectivity index (χ2v) is 9.01. The lowest BCUT2D eigenvalue weighted by Crippen LogP contribution is -2.38. The predicted octanol–water partition coefficient (Wildman–Crippen LogP) is 2.46. The highest BCUT2D eigenvalue weighted by molar-refractivity contribution is 7.91. The molecular formula is C18H25NO4S. The number of nitrogens with one attached hydrogen (secondary N) is 1. The fourth-order valence-electron chi connectivity index (χ4n) is 3.75. The molecule has 3 rings (SSSR count). The molecule has 6 heteroatoms. The van der Waals surface area contributed by atoms with Gasteiger partial charge in [0, 0.05) is 6.42 Å². The zero-order chi connectivity index (χ0) is 17.0. The summed E-state index contributed by atoms with van der Waals surface area (Å²) in [4.78, 5) is 12.4. The van der Waals surface area contributed by atoms with Crippen molar-refractivity contribution in [2.45, 2.75) is 61.5 Å². The second kappa shape index (κ2) is 7.23. The van der Waals surface area contributed by atoms with Gasteiger partial charge in [-0.1, -0.05) is 37.5 Å². The van der Waals surface area contributed by atoms with Crippen molar-refractivity contribution in [3.05, 3.63) is 30.3 Å². The summed E-state index contributed by atoms with van der Waals surface area (Å²) < 4.78 is 30.4. The van der Waals surface area contributed by atoms with Gasteiger partial charge in [-0.3, -0.25) is 4.79 Å². The molecule has 1 saturated heterocycles. The van der Waals surface area contributed by atoms with Gasteiger partial charge in [-0.2, -0.15) is 0 Å². The van der Waals surface area contributed by atoms with Crippen molar-refractivity contribution in [3.63, 3.8) is 0 Å². The average Bonchev–Trinajstić information content (AvgIpc) is 2.96. The number of hydrogen-bond acceptors (Lipinski definition) is 4. The zero-order valence-electron chi connectivity index (χ0n) is 13.9. The summed E-state index contributed by atoms with van der Waals surface area (Å²) in [7, 11) is -3.41. The van der Waals surface area contributed by atoms with E-state index in [0.29, 0.717) is 6.61 Å². The average molecular weight is 351 g/mol. The van der Waals surface area contributed by atoms with Crippen LogP contribution in [0, 0.1) is 0 Å². The van der Waals surface area contributed by atoms with Crippen LogP contribution in [0.25, 0.3) is 0 Å². The zero-order valence-corrected chi connectivity index (χ0v) is 14.7. The molecule has 1 N–H and O–H groups in total. The maximum atomic E-state index is 12.2. The van der Waals surface area contributed by atoms with E-state index >= 15 is 0 Å². The summed E-state index contributed by atoms with van der Waals surface area (Å²) in [5.41, 5.74) is -0.0493. The number of sulfone groups is 1. The van der Waals surface area contributed by atoms with Crippen LogP contribution in [0.4, 0.5) is 0 Å². The highest BCUT2D eigenvalue weighted by Crippen LogP contribution is 2.39. The van der Waals surface area contributed by atoms with Crippen LogP contribution >= 0.6 is 0 Å². The lowest BCUT2D eigenvalue weighted by atomic mass is 9.82. The molecule has 0 bridgehead atoms. The first-order valence-electron chi connectivity index (χ1n) is 8.70. The third kappa shape index (κ3) is 4.16. The van der Waals surface area contributed by atoms with E-state index in [1.165, 1.54) is 19.3 Å². The van der Waals surface area contributed by atoms with Crippen LogP contribution in [0.5, 0.6) is 0 Å². The van der Waals surface area contributed by atoms with E-state index in [1.54, 1.807) is 30.3 Å². The van der Waals surface area contributed by atoms with Gasteiger partial charge in [0.2, 0.25) is 5.91 Å². The van der Waals surface area contributed by atoms with Gasteiger partial charge in [0.1, 0.15) is 0 Å². The molecule has 132 valence electrons. The van der Waals surface area contributed by atoms with Crippen molar-refractivity contribution >= 4 is 15.7 Å². The largest absolute Gasteiger partial charge is 0.373 e. The predicted molar refractivity (Wildman–Crippen MR) is 91.4 cm³/mol. The maximum absolute atomic E-state index is 12.2. The summed E-state index contributed by atoms with van der Waals surface area (Å²) in [5.74, 6) is -0.377. The fraction of sp³-hybridized carbons (Fsp3) is 0.611. The quantitative estimate of drug-likeness (QED) is 0.884. The molecular weight excluding hydrogens is 326 g/mol. The number of benzene rings is 1. The van der Waals surface area contributed by atoms with Gasteiger partial charge < -0.3 is 10.1 Å². The van der Waals surface area contributed by atoms with Crippen LogP contribution in [-0.4, -0.2) is 38.3 Å². The summed E-state index contributed by atoms with van der Waals surface area (Å²) in [6.45, 7) is 0.539. The van der Waals surface area contributed by atoms with E-state index in [9.17, 15) is 13.2 Å². The third-order valence-corrected chi connectivity index (χ3v) is 6.77. The third-order valence-electron chi connectivity index (χ3n) is 5.04. The maximum Gasteiger partial charge on any atom is 0.221 e. The molecule has 0 radical (unpaired) electrons. The summed E-state index contributed by atoms with van der Waals surface area (Å²) in [5, 5.41) is 2.95. The van der Waals surface area contributed by atoms with Crippen LogP contribution in [0.3, 0.4) is 0 Å². The first-order chi connectivity index (χ1) is 11.5. The van der Waals surface area contributed by atoms with Crippen molar-refractivity contribution in [1.82, 2.24) is 5.32 Å². The number of ether oxygens (including phenoxy) is 1. The van der Waals surface area contributed by atoms with Gasteiger partial charge in [-0.15, -0.1) is 0 Å². The lowest BCUT2D eigenvalue weighted by Gasteiger charge is -2.32. The molecule has 1 atom stereocenters. The molecule has 1 aliphatic carbocycles. The Morgan fingerprint density at radius 1 is 1.17 bits per heavy atom. The highest BCUT2D eigenvalue weighted by atomic mass is 32.2. The lowest BCUT2D eigenvalue weighted by molar-refractivity contribution is -0.121. The van der Waals surface area contributed by atoms with Gasteiger partial charge in [-0.25, -0.2) is 8.42 Å². The Balaban J connectivity index is 1.48. The minimum atomic E-state index is -3.41. The molecule has 1 amide bonds. The number of carbonyl (C=O) groups is 1. The number of rotatable bonds is 5. The smallest absolute Gasteiger partial charge is 0.221 e. The van der Waals surface area contributed by atoms with Crippen molar-refractivity contribution in [3.8, 4) is 0 Å². The molecule has 1 heterocycles. The first kappa shape index (κ1) is 17.4. The summed E-state index contributed by atoms with van der Waals surface area (Å²) in [6.07, 6.45) is 6.62. The van der Waals surface area contributed by atoms with Crippen LogP contribution in [0.15, 0.2) is 35.2 Å². The second-order valence-electron chi connectivity index (χ2n) is 6.91. The molecule has 1 aliphatic heterocycles. The van der Waals surface area contributed by atoms with Crippen molar-refractivity contribution in [1.29, 1.82) is 0 Å². The van der Waals surface area contributed by atoms with E-state index in [0.717, 1.165) is 19.3 Å². The standard InChI is InChI=1S/C18H25NO4S/c20-17(9-12-24(21,22)16-7-3-1-4-8-16)19-15-13-18(23-14-15)10-5-2-6-11-18/h1,3-4,7-8,15H,2,5-6,9-14H2,(H,19,20)/t15-/m1/s1. The highest BCUT2D eigenvalue weighted by Gasteiger charge is 2.41. The molecule has 1 aromatic carbocycles. The number of amides is 1. The van der Waals surface area contributed by atoms with Crippen LogP contribution in [0.1, 0.15) is 44.9 Å². The number of carbonyl (C=O) groups excluding carboxylic acids is 1. The van der Waals surface area contributed by atoms with Crippen LogP contribution < -0.4 is 5.32 Å². The molecule has 2 fully saturated rings. The van der Waals surface area contributed by atoms with Crippen molar-refractivity contribution < 1.29 is 17.9 Å². The molecule has 0 aromatic heterocycles. The monoisotopic (exact) mass is 351 g/mol. The molecule has 2 aliphatic rings. The normalized spacial score (nSPS) is 23.2. The molecule has 24 heavy (non-hydrogen) atoms. The van der Waals surface area contributed by atoms with E-state index < -0.39 is 9.84 Å². The Hall–Kier alpha value is -1.40. The fourth-order valence-corrected chi connectivity index (χ4v) is 5.02. The van der Waals surface area contributed by atoms with Gasteiger partial charge >= 0.3 is 0 Å².